The van der Waals surface area contributed by atoms with E-state index in [-0.39, 0.29) is 11.8 Å². The molecule has 2 aromatic rings. The van der Waals surface area contributed by atoms with E-state index in [0.29, 0.717) is 25.3 Å². The topological polar surface area (TPSA) is 62.3 Å². The predicted octanol–water partition coefficient (Wildman–Crippen LogP) is 4.62. The van der Waals surface area contributed by atoms with E-state index in [9.17, 15) is 9.59 Å². The maximum atomic E-state index is 13.2. The van der Waals surface area contributed by atoms with Gasteiger partial charge in [0.1, 0.15) is 0 Å². The van der Waals surface area contributed by atoms with Crippen LogP contribution < -0.4 is 5.32 Å². The van der Waals surface area contributed by atoms with Crippen LogP contribution in [-0.4, -0.2) is 41.8 Å². The molecule has 5 nitrogen and oxygen atoms in total. The van der Waals surface area contributed by atoms with E-state index in [4.69, 9.17) is 0 Å². The highest BCUT2D eigenvalue weighted by Crippen LogP contribution is 2.37. The van der Waals surface area contributed by atoms with E-state index in [2.05, 4.69) is 22.4 Å². The molecule has 0 radical (unpaired) electrons. The number of pyridine rings is 1. The number of piperidine rings is 1. The van der Waals surface area contributed by atoms with Gasteiger partial charge in [-0.15, -0.1) is 0 Å². The number of carbonyl (C=O) groups excluding carboxylic acids is 2. The molecule has 5 heteroatoms. The molecule has 1 aromatic carbocycles. The minimum absolute atomic E-state index is 0.0373. The third kappa shape index (κ3) is 5.03. The van der Waals surface area contributed by atoms with Gasteiger partial charge in [0.05, 0.1) is 5.41 Å². The summed E-state index contributed by atoms with van der Waals surface area (Å²) in [6, 6.07) is 12.3. The van der Waals surface area contributed by atoms with E-state index in [1.54, 1.807) is 19.4 Å². The summed E-state index contributed by atoms with van der Waals surface area (Å²) in [5.74, 6) is 0.960. The maximum absolute atomic E-state index is 13.2. The van der Waals surface area contributed by atoms with Crippen molar-refractivity contribution in [2.45, 2.75) is 57.8 Å². The van der Waals surface area contributed by atoms with Crippen molar-refractivity contribution < 1.29 is 9.59 Å². The van der Waals surface area contributed by atoms with Gasteiger partial charge in [0.15, 0.2) is 0 Å². The number of nitrogens with one attached hydrogen (secondary N) is 1. The van der Waals surface area contributed by atoms with Gasteiger partial charge in [-0.05, 0) is 60.4 Å². The summed E-state index contributed by atoms with van der Waals surface area (Å²) >= 11 is 0. The molecule has 2 aliphatic rings. The fourth-order valence-corrected chi connectivity index (χ4v) is 5.66. The van der Waals surface area contributed by atoms with Gasteiger partial charge < -0.3 is 10.2 Å². The van der Waals surface area contributed by atoms with Crippen molar-refractivity contribution in [3.63, 3.8) is 0 Å². The fourth-order valence-electron chi connectivity index (χ4n) is 5.66. The second-order valence-electron chi connectivity index (χ2n) is 9.54. The molecule has 2 heterocycles. The lowest BCUT2D eigenvalue weighted by atomic mass is 9.73. The first kappa shape index (κ1) is 22.5. The minimum atomic E-state index is -0.598. The van der Waals surface area contributed by atoms with Gasteiger partial charge in [-0.25, -0.2) is 0 Å². The molecule has 1 N–H and O–H groups in total. The molecule has 1 aromatic heterocycles. The number of carbonyl (C=O) groups is 2. The van der Waals surface area contributed by atoms with Crippen LogP contribution in [0.4, 0.5) is 0 Å². The molecule has 1 aliphatic heterocycles. The SMILES string of the molecule is CNC(=O)[C@@]1(Cc2ccccc2-c2ccncc2)CCCN(C(=O)CCC2CCCC2)C1. The number of benzene rings is 1. The third-order valence-corrected chi connectivity index (χ3v) is 7.42. The molecule has 170 valence electrons. The van der Waals surface area contributed by atoms with E-state index >= 15 is 0 Å². The Kier molecular flexibility index (Phi) is 7.23. The Morgan fingerprint density at radius 2 is 1.84 bits per heavy atom. The highest BCUT2D eigenvalue weighted by atomic mass is 16.2. The molecule has 1 aliphatic carbocycles. The van der Waals surface area contributed by atoms with Crippen molar-refractivity contribution in [3.8, 4) is 11.1 Å². The van der Waals surface area contributed by atoms with Crippen LogP contribution in [0.25, 0.3) is 11.1 Å². The zero-order chi connectivity index (χ0) is 22.4. The average Bonchev–Trinajstić information content (AvgIpc) is 3.37. The number of amides is 2. The van der Waals surface area contributed by atoms with Crippen LogP contribution in [0.5, 0.6) is 0 Å². The maximum Gasteiger partial charge on any atom is 0.228 e. The van der Waals surface area contributed by atoms with Crippen LogP contribution in [0.2, 0.25) is 0 Å². The molecule has 32 heavy (non-hydrogen) atoms. The van der Waals surface area contributed by atoms with Crippen molar-refractivity contribution in [2.24, 2.45) is 11.3 Å². The first-order valence-corrected chi connectivity index (χ1v) is 12.1. The molecular formula is C27H35N3O2. The van der Waals surface area contributed by atoms with Gasteiger partial charge in [-0.2, -0.15) is 0 Å². The lowest BCUT2D eigenvalue weighted by Gasteiger charge is -2.42. The van der Waals surface area contributed by atoms with Crippen molar-refractivity contribution in [1.82, 2.24) is 15.2 Å². The standard InChI is InChI=1S/C27H35N3O2/c1-28-26(32)27(19-23-9-4-5-10-24(23)22-13-16-29-17-14-22)15-6-18-30(20-27)25(31)12-11-21-7-2-3-8-21/h4-5,9-10,13-14,16-17,21H,2-3,6-8,11-12,15,18-20H2,1H3,(H,28,32)/t27-/m1/s1. The minimum Gasteiger partial charge on any atom is -0.359 e. The van der Waals surface area contributed by atoms with Crippen molar-refractivity contribution in [2.75, 3.05) is 20.1 Å². The quantitative estimate of drug-likeness (QED) is 0.693. The number of aromatic nitrogens is 1. The van der Waals surface area contributed by atoms with E-state index in [0.717, 1.165) is 42.5 Å². The number of rotatable bonds is 7. The molecule has 2 fully saturated rings. The van der Waals surface area contributed by atoms with Gasteiger partial charge in [-0.1, -0.05) is 49.9 Å². The van der Waals surface area contributed by atoms with Gasteiger partial charge >= 0.3 is 0 Å². The first-order chi connectivity index (χ1) is 15.6. The lowest BCUT2D eigenvalue weighted by molar-refractivity contribution is -0.141. The third-order valence-electron chi connectivity index (χ3n) is 7.42. The van der Waals surface area contributed by atoms with E-state index < -0.39 is 5.41 Å². The zero-order valence-corrected chi connectivity index (χ0v) is 19.2. The Morgan fingerprint density at radius 1 is 1.09 bits per heavy atom. The zero-order valence-electron chi connectivity index (χ0n) is 19.2. The monoisotopic (exact) mass is 433 g/mol. The number of hydrogen-bond acceptors (Lipinski definition) is 3. The lowest BCUT2D eigenvalue weighted by Crippen LogP contribution is -2.54. The van der Waals surface area contributed by atoms with Crippen LogP contribution in [0.15, 0.2) is 48.8 Å². The van der Waals surface area contributed by atoms with Crippen LogP contribution in [-0.2, 0) is 16.0 Å². The van der Waals surface area contributed by atoms with Gasteiger partial charge in [0.25, 0.3) is 0 Å². The Hall–Kier alpha value is -2.69. The smallest absolute Gasteiger partial charge is 0.228 e. The number of nitrogens with zero attached hydrogens (tertiary/aromatic N) is 2. The van der Waals surface area contributed by atoms with Crippen LogP contribution in [0.1, 0.15) is 56.9 Å². The van der Waals surface area contributed by atoms with E-state index in [1.165, 1.54) is 25.7 Å². The molecule has 0 bridgehead atoms. The Morgan fingerprint density at radius 3 is 2.59 bits per heavy atom. The highest BCUT2D eigenvalue weighted by Gasteiger charge is 2.43. The van der Waals surface area contributed by atoms with Crippen LogP contribution in [0, 0.1) is 11.3 Å². The number of likely N-dealkylation sites (tertiary alicyclic amines) is 1. The summed E-state index contributed by atoms with van der Waals surface area (Å²) in [5.41, 5.74) is 2.77. The largest absolute Gasteiger partial charge is 0.359 e. The summed E-state index contributed by atoms with van der Waals surface area (Å²) in [4.78, 5) is 32.4. The fraction of sp³-hybridized carbons (Fsp3) is 0.519. The van der Waals surface area contributed by atoms with Crippen LogP contribution in [0.3, 0.4) is 0 Å². The number of hydrogen-bond donors (Lipinski definition) is 1. The van der Waals surface area contributed by atoms with Crippen molar-refractivity contribution in [3.05, 3.63) is 54.4 Å². The van der Waals surface area contributed by atoms with Crippen molar-refractivity contribution in [1.29, 1.82) is 0 Å². The summed E-state index contributed by atoms with van der Waals surface area (Å²) in [7, 11) is 1.71. The summed E-state index contributed by atoms with van der Waals surface area (Å²) < 4.78 is 0. The second kappa shape index (κ2) is 10.3. The molecule has 0 spiro atoms. The molecule has 1 atom stereocenters. The molecular weight excluding hydrogens is 398 g/mol. The summed E-state index contributed by atoms with van der Waals surface area (Å²) in [6.45, 7) is 1.26. The molecule has 2 amide bonds. The highest BCUT2D eigenvalue weighted by molar-refractivity contribution is 5.85. The van der Waals surface area contributed by atoms with Gasteiger partial charge in [0.2, 0.25) is 11.8 Å². The summed E-state index contributed by atoms with van der Waals surface area (Å²) in [6.07, 6.45) is 12.6. The van der Waals surface area contributed by atoms with Crippen molar-refractivity contribution >= 4 is 11.8 Å². The van der Waals surface area contributed by atoms with Crippen LogP contribution >= 0.6 is 0 Å². The second-order valence-corrected chi connectivity index (χ2v) is 9.54. The first-order valence-electron chi connectivity index (χ1n) is 12.1. The summed E-state index contributed by atoms with van der Waals surface area (Å²) in [5, 5.41) is 2.90. The Balaban J connectivity index is 1.54. The Labute approximate surface area is 191 Å². The molecule has 0 unspecified atom stereocenters. The van der Waals surface area contributed by atoms with Gasteiger partial charge in [-0.3, -0.25) is 14.6 Å². The predicted molar refractivity (Wildman–Crippen MR) is 127 cm³/mol. The van der Waals surface area contributed by atoms with E-state index in [1.807, 2.05) is 29.2 Å². The molecule has 4 rings (SSSR count). The normalized spacial score (nSPS) is 21.5. The molecule has 1 saturated heterocycles. The molecule has 1 saturated carbocycles. The average molecular weight is 434 g/mol. The Bertz CT molecular complexity index is 924. The van der Waals surface area contributed by atoms with Gasteiger partial charge in [0, 0.05) is 39.0 Å².